The Balaban J connectivity index is 1.93. The third-order valence-electron chi connectivity index (χ3n) is 3.86. The monoisotopic (exact) mass is 292 g/mol. The van der Waals surface area contributed by atoms with Crippen LogP contribution < -0.4 is 5.73 Å². The SMILES string of the molecule is Cc1cc(C(N)=S)ccc1CN(C)CC1CCCCO1. The van der Waals surface area contributed by atoms with Gasteiger partial charge in [0.25, 0.3) is 0 Å². The van der Waals surface area contributed by atoms with E-state index in [1.54, 1.807) is 0 Å². The van der Waals surface area contributed by atoms with Crippen molar-refractivity contribution in [3.8, 4) is 0 Å². The van der Waals surface area contributed by atoms with Gasteiger partial charge in [-0.3, -0.25) is 4.90 Å². The van der Waals surface area contributed by atoms with Gasteiger partial charge in [-0.1, -0.05) is 24.4 Å². The first-order valence-corrected chi connectivity index (χ1v) is 7.66. The van der Waals surface area contributed by atoms with Gasteiger partial charge in [0.15, 0.2) is 0 Å². The van der Waals surface area contributed by atoms with Crippen molar-refractivity contribution < 1.29 is 4.74 Å². The molecule has 0 spiro atoms. The van der Waals surface area contributed by atoms with Gasteiger partial charge in [0, 0.05) is 25.3 Å². The van der Waals surface area contributed by atoms with E-state index in [0.29, 0.717) is 11.1 Å². The summed E-state index contributed by atoms with van der Waals surface area (Å²) in [5, 5.41) is 0. The minimum absolute atomic E-state index is 0.393. The van der Waals surface area contributed by atoms with Crippen LogP contribution >= 0.6 is 12.2 Å². The van der Waals surface area contributed by atoms with Crippen LogP contribution in [0.1, 0.15) is 36.0 Å². The molecule has 4 heteroatoms. The van der Waals surface area contributed by atoms with Crippen LogP contribution in [0.25, 0.3) is 0 Å². The molecule has 0 aromatic heterocycles. The van der Waals surface area contributed by atoms with E-state index in [2.05, 4.69) is 31.0 Å². The summed E-state index contributed by atoms with van der Waals surface area (Å²) >= 11 is 5.01. The van der Waals surface area contributed by atoms with Crippen LogP contribution in [-0.4, -0.2) is 36.2 Å². The number of nitrogens with two attached hydrogens (primary N) is 1. The summed E-state index contributed by atoms with van der Waals surface area (Å²) < 4.78 is 5.79. The Morgan fingerprint density at radius 1 is 1.45 bits per heavy atom. The maximum absolute atomic E-state index is 5.79. The lowest BCUT2D eigenvalue weighted by Gasteiger charge is -2.27. The average Bonchev–Trinajstić information content (AvgIpc) is 2.42. The van der Waals surface area contributed by atoms with Crippen molar-refractivity contribution in [2.24, 2.45) is 5.73 Å². The second-order valence-corrected chi connectivity index (χ2v) is 6.13. The molecule has 0 saturated carbocycles. The first-order valence-electron chi connectivity index (χ1n) is 7.25. The van der Waals surface area contributed by atoms with Gasteiger partial charge in [-0.2, -0.15) is 0 Å². The van der Waals surface area contributed by atoms with Crippen LogP contribution in [0, 0.1) is 6.92 Å². The summed E-state index contributed by atoms with van der Waals surface area (Å²) in [6, 6.07) is 6.21. The average molecular weight is 292 g/mol. The number of likely N-dealkylation sites (N-methyl/N-ethyl adjacent to an activating group) is 1. The number of hydrogen-bond acceptors (Lipinski definition) is 3. The van der Waals surface area contributed by atoms with E-state index >= 15 is 0 Å². The van der Waals surface area contributed by atoms with Crippen LogP contribution in [0.5, 0.6) is 0 Å². The first-order chi connectivity index (χ1) is 9.56. The topological polar surface area (TPSA) is 38.5 Å². The molecule has 0 radical (unpaired) electrons. The normalized spacial score (nSPS) is 19.2. The second kappa shape index (κ2) is 7.16. The highest BCUT2D eigenvalue weighted by atomic mass is 32.1. The Kier molecular flexibility index (Phi) is 5.52. The fraction of sp³-hybridized carbons (Fsp3) is 0.562. The van der Waals surface area contributed by atoms with E-state index in [9.17, 15) is 0 Å². The van der Waals surface area contributed by atoms with Gasteiger partial charge in [0.05, 0.1) is 6.10 Å². The standard InChI is InChI=1S/C16H24N2OS/c1-12-9-13(16(17)20)6-7-14(12)10-18(2)11-15-5-3-4-8-19-15/h6-7,9,15H,3-5,8,10-11H2,1-2H3,(H2,17,20). The predicted molar refractivity (Wildman–Crippen MR) is 87.0 cm³/mol. The molecule has 3 nitrogen and oxygen atoms in total. The zero-order chi connectivity index (χ0) is 14.5. The van der Waals surface area contributed by atoms with Gasteiger partial charge in [0.1, 0.15) is 4.99 Å². The third-order valence-corrected chi connectivity index (χ3v) is 4.09. The van der Waals surface area contributed by atoms with Gasteiger partial charge >= 0.3 is 0 Å². The summed E-state index contributed by atoms with van der Waals surface area (Å²) in [6.45, 7) is 4.96. The van der Waals surface area contributed by atoms with Gasteiger partial charge in [0.2, 0.25) is 0 Å². The van der Waals surface area contributed by atoms with E-state index in [1.165, 1.54) is 30.4 Å². The van der Waals surface area contributed by atoms with E-state index < -0.39 is 0 Å². The molecule has 1 aromatic rings. The van der Waals surface area contributed by atoms with Crippen LogP contribution in [0.15, 0.2) is 18.2 Å². The molecule has 2 rings (SSSR count). The molecule has 2 N–H and O–H groups in total. The Morgan fingerprint density at radius 2 is 2.25 bits per heavy atom. The van der Waals surface area contributed by atoms with Crippen molar-refractivity contribution in [3.05, 3.63) is 34.9 Å². The smallest absolute Gasteiger partial charge is 0.103 e. The van der Waals surface area contributed by atoms with Crippen LogP contribution in [0.2, 0.25) is 0 Å². The summed E-state index contributed by atoms with van der Waals surface area (Å²) in [7, 11) is 2.15. The molecule has 0 aliphatic carbocycles. The zero-order valence-corrected chi connectivity index (χ0v) is 13.2. The lowest BCUT2D eigenvalue weighted by atomic mass is 10.0. The van der Waals surface area contributed by atoms with Crippen LogP contribution in [0.3, 0.4) is 0 Å². The largest absolute Gasteiger partial charge is 0.389 e. The van der Waals surface area contributed by atoms with E-state index in [0.717, 1.165) is 25.3 Å². The number of nitrogens with zero attached hydrogens (tertiary/aromatic N) is 1. The Labute approximate surface area is 127 Å². The lowest BCUT2D eigenvalue weighted by Crippen LogP contribution is -2.33. The quantitative estimate of drug-likeness (QED) is 0.847. The molecule has 1 unspecified atom stereocenters. The van der Waals surface area contributed by atoms with Gasteiger partial charge in [-0.15, -0.1) is 0 Å². The highest BCUT2D eigenvalue weighted by Gasteiger charge is 2.16. The number of thiocarbonyl (C=S) groups is 1. The molecule has 110 valence electrons. The van der Waals surface area contributed by atoms with Crippen molar-refractivity contribution in [2.75, 3.05) is 20.2 Å². The fourth-order valence-electron chi connectivity index (χ4n) is 2.68. The van der Waals surface area contributed by atoms with Crippen molar-refractivity contribution in [3.63, 3.8) is 0 Å². The molecule has 20 heavy (non-hydrogen) atoms. The van der Waals surface area contributed by atoms with Crippen LogP contribution in [0.4, 0.5) is 0 Å². The second-order valence-electron chi connectivity index (χ2n) is 5.69. The van der Waals surface area contributed by atoms with Crippen LogP contribution in [-0.2, 0) is 11.3 Å². The molecular formula is C16H24N2OS. The van der Waals surface area contributed by atoms with E-state index in [4.69, 9.17) is 22.7 Å². The molecular weight excluding hydrogens is 268 g/mol. The van der Waals surface area contributed by atoms with Gasteiger partial charge in [-0.25, -0.2) is 0 Å². The lowest BCUT2D eigenvalue weighted by molar-refractivity contribution is -0.00261. The number of hydrogen-bond donors (Lipinski definition) is 1. The number of ether oxygens (including phenoxy) is 1. The molecule has 1 aliphatic rings. The Hall–Kier alpha value is -0.970. The number of aryl methyl sites for hydroxylation is 1. The Bertz CT molecular complexity index is 470. The zero-order valence-electron chi connectivity index (χ0n) is 12.4. The van der Waals surface area contributed by atoms with Crippen molar-refractivity contribution in [1.82, 2.24) is 4.90 Å². The molecule has 0 bridgehead atoms. The van der Waals surface area contributed by atoms with E-state index in [-0.39, 0.29) is 0 Å². The van der Waals surface area contributed by atoms with Gasteiger partial charge in [-0.05, 0) is 50.4 Å². The van der Waals surface area contributed by atoms with E-state index in [1.807, 2.05) is 6.07 Å². The highest BCUT2D eigenvalue weighted by Crippen LogP contribution is 2.16. The minimum atomic E-state index is 0.393. The van der Waals surface area contributed by atoms with Crippen molar-refractivity contribution in [2.45, 2.75) is 38.8 Å². The third kappa shape index (κ3) is 4.27. The fourth-order valence-corrected chi connectivity index (χ4v) is 2.81. The highest BCUT2D eigenvalue weighted by molar-refractivity contribution is 7.80. The predicted octanol–water partition coefficient (Wildman–Crippen LogP) is 2.63. The maximum atomic E-state index is 5.79. The molecule has 1 saturated heterocycles. The molecule has 1 heterocycles. The number of rotatable bonds is 5. The summed E-state index contributed by atoms with van der Waals surface area (Å²) in [6.07, 6.45) is 4.08. The molecule has 1 aromatic carbocycles. The summed E-state index contributed by atoms with van der Waals surface area (Å²) in [5.74, 6) is 0. The maximum Gasteiger partial charge on any atom is 0.103 e. The summed E-state index contributed by atoms with van der Waals surface area (Å²) in [5.41, 5.74) is 9.17. The first kappa shape index (κ1) is 15.4. The van der Waals surface area contributed by atoms with Crippen molar-refractivity contribution in [1.29, 1.82) is 0 Å². The molecule has 1 atom stereocenters. The molecule has 0 amide bonds. The molecule has 1 fully saturated rings. The summed E-state index contributed by atoms with van der Waals surface area (Å²) in [4.78, 5) is 2.79. The minimum Gasteiger partial charge on any atom is -0.389 e. The molecule has 1 aliphatic heterocycles. The Morgan fingerprint density at radius 3 is 2.85 bits per heavy atom. The van der Waals surface area contributed by atoms with Crippen molar-refractivity contribution >= 4 is 17.2 Å². The van der Waals surface area contributed by atoms with Gasteiger partial charge < -0.3 is 10.5 Å². The number of benzene rings is 1.